The number of methoxy groups -OCH3 is 1. The molecule has 0 heterocycles. The number of fused-ring (bicyclic) bond motifs is 5. The van der Waals surface area contributed by atoms with Crippen LogP contribution in [0.2, 0.25) is 0 Å². The Labute approximate surface area is 229 Å². The van der Waals surface area contributed by atoms with Gasteiger partial charge in [-0.25, -0.2) is 4.79 Å². The highest BCUT2D eigenvalue weighted by Crippen LogP contribution is 2.71. The second-order valence-corrected chi connectivity index (χ2v) is 13.5. The second-order valence-electron chi connectivity index (χ2n) is 13.5. The van der Waals surface area contributed by atoms with Gasteiger partial charge in [0.1, 0.15) is 6.10 Å². The van der Waals surface area contributed by atoms with Crippen LogP contribution < -0.4 is 0 Å². The summed E-state index contributed by atoms with van der Waals surface area (Å²) in [5, 5.41) is 24.2. The van der Waals surface area contributed by atoms with Gasteiger partial charge in [-0.2, -0.15) is 0 Å². The third kappa shape index (κ3) is 4.67. The Bertz CT molecular complexity index is 861. The lowest BCUT2D eigenvalue weighted by Gasteiger charge is -2.67. The van der Waals surface area contributed by atoms with E-state index in [0.29, 0.717) is 37.2 Å². The predicted molar refractivity (Wildman–Crippen MR) is 144 cm³/mol. The Morgan fingerprint density at radius 2 is 1.76 bits per heavy atom. The summed E-state index contributed by atoms with van der Waals surface area (Å²) in [4.78, 5) is 23.9. The van der Waals surface area contributed by atoms with Crippen LogP contribution in [0.3, 0.4) is 0 Å². The average Bonchev–Trinajstić information content (AvgIpc) is 3.24. The summed E-state index contributed by atoms with van der Waals surface area (Å²) in [6, 6.07) is 0. The van der Waals surface area contributed by atoms with E-state index >= 15 is 0 Å². The molecule has 38 heavy (non-hydrogen) atoms. The van der Waals surface area contributed by atoms with Crippen LogP contribution in [0.25, 0.3) is 0 Å². The smallest absolute Gasteiger partial charge is 0.469 e. The third-order valence-electron chi connectivity index (χ3n) is 12.3. The van der Waals surface area contributed by atoms with E-state index in [2.05, 4.69) is 34.6 Å². The summed E-state index contributed by atoms with van der Waals surface area (Å²) >= 11 is 0. The average molecular weight is 537 g/mol. The van der Waals surface area contributed by atoms with Crippen LogP contribution >= 0.6 is 0 Å². The van der Waals surface area contributed by atoms with E-state index in [4.69, 9.17) is 14.2 Å². The van der Waals surface area contributed by atoms with Crippen molar-refractivity contribution in [2.75, 3.05) is 13.7 Å². The molecule has 0 saturated heterocycles. The number of aliphatic hydroxyl groups is 2. The van der Waals surface area contributed by atoms with Crippen molar-refractivity contribution >= 4 is 12.1 Å². The van der Waals surface area contributed by atoms with Gasteiger partial charge in [-0.3, -0.25) is 4.79 Å². The molecule has 4 aliphatic carbocycles. The van der Waals surface area contributed by atoms with E-state index in [1.54, 1.807) is 6.92 Å². The first-order valence-corrected chi connectivity index (χ1v) is 15.2. The Morgan fingerprint density at radius 1 is 1.05 bits per heavy atom. The monoisotopic (exact) mass is 536 g/mol. The van der Waals surface area contributed by atoms with Crippen molar-refractivity contribution in [3.8, 4) is 0 Å². The van der Waals surface area contributed by atoms with Gasteiger partial charge in [0.15, 0.2) is 0 Å². The summed E-state index contributed by atoms with van der Waals surface area (Å²) in [5.41, 5.74) is -0.217. The molecule has 0 radical (unpaired) electrons. The van der Waals surface area contributed by atoms with E-state index in [9.17, 15) is 19.8 Å². The second kappa shape index (κ2) is 11.3. The van der Waals surface area contributed by atoms with E-state index < -0.39 is 18.4 Å². The van der Waals surface area contributed by atoms with Crippen LogP contribution in [0.15, 0.2) is 0 Å². The summed E-state index contributed by atoms with van der Waals surface area (Å²) in [5.74, 6) is 1.37. The van der Waals surface area contributed by atoms with Crippen molar-refractivity contribution in [2.45, 2.75) is 111 Å². The van der Waals surface area contributed by atoms with Crippen LogP contribution in [0.1, 0.15) is 92.9 Å². The van der Waals surface area contributed by atoms with Gasteiger partial charge in [0, 0.05) is 6.42 Å². The van der Waals surface area contributed by atoms with Gasteiger partial charge in [-0.15, -0.1) is 0 Å². The molecule has 4 rings (SSSR count). The molecule has 0 aromatic rings. The minimum atomic E-state index is -0.608. The van der Waals surface area contributed by atoms with Crippen molar-refractivity contribution in [1.29, 1.82) is 0 Å². The summed E-state index contributed by atoms with van der Waals surface area (Å²) in [7, 11) is 1.44. The lowest BCUT2D eigenvalue weighted by atomic mass is 9.39. The molecule has 0 bridgehead atoms. The number of rotatable bonds is 7. The maximum atomic E-state index is 12.1. The molecular weight excluding hydrogens is 484 g/mol. The molecular formula is C31H52O7. The Hall–Kier alpha value is -1.34. The molecule has 4 fully saturated rings. The van der Waals surface area contributed by atoms with E-state index in [1.165, 1.54) is 7.11 Å². The van der Waals surface area contributed by atoms with E-state index in [0.717, 1.165) is 38.5 Å². The van der Waals surface area contributed by atoms with Gasteiger partial charge < -0.3 is 24.4 Å². The number of carbonyl (C=O) groups is 2. The minimum Gasteiger partial charge on any atom is -0.469 e. The van der Waals surface area contributed by atoms with Crippen LogP contribution in [-0.2, 0) is 19.0 Å². The highest BCUT2D eigenvalue weighted by molar-refractivity contribution is 5.69. The zero-order valence-electron chi connectivity index (χ0n) is 24.7. The number of ether oxygens (including phenoxy) is 3. The molecule has 7 heteroatoms. The largest absolute Gasteiger partial charge is 0.508 e. The first-order chi connectivity index (χ1) is 17.9. The van der Waals surface area contributed by atoms with Crippen molar-refractivity contribution < 1.29 is 34.0 Å². The Balaban J connectivity index is 1.62. The van der Waals surface area contributed by atoms with Crippen molar-refractivity contribution in [3.63, 3.8) is 0 Å². The molecule has 218 valence electrons. The summed E-state index contributed by atoms with van der Waals surface area (Å²) in [6.07, 6.45) is 4.76. The van der Waals surface area contributed by atoms with Crippen molar-refractivity contribution in [2.24, 2.45) is 58.2 Å². The number of aliphatic hydroxyl groups excluding tert-OH is 2. The van der Waals surface area contributed by atoms with Crippen LogP contribution in [0.4, 0.5) is 4.79 Å². The van der Waals surface area contributed by atoms with Gasteiger partial charge in [0.25, 0.3) is 0 Å². The van der Waals surface area contributed by atoms with Gasteiger partial charge in [0.05, 0.1) is 25.9 Å². The first-order valence-electron chi connectivity index (χ1n) is 15.2. The highest BCUT2D eigenvalue weighted by Gasteiger charge is 2.69. The number of hydrogen-bond donors (Lipinski definition) is 2. The fourth-order valence-electron chi connectivity index (χ4n) is 10.4. The fourth-order valence-corrected chi connectivity index (χ4v) is 10.4. The van der Waals surface area contributed by atoms with E-state index in [-0.39, 0.29) is 52.5 Å². The Kier molecular flexibility index (Phi) is 8.79. The normalized spacial score (nSPS) is 46.8. The molecule has 4 saturated carbocycles. The minimum absolute atomic E-state index is 0.0195. The fraction of sp³-hybridized carbons (Fsp3) is 0.935. The number of esters is 1. The maximum absolute atomic E-state index is 12.1. The van der Waals surface area contributed by atoms with Gasteiger partial charge >= 0.3 is 12.1 Å². The lowest BCUT2D eigenvalue weighted by Crippen LogP contribution is -2.68. The Morgan fingerprint density at radius 3 is 2.39 bits per heavy atom. The lowest BCUT2D eigenvalue weighted by molar-refractivity contribution is -0.253. The third-order valence-corrected chi connectivity index (χ3v) is 12.3. The number of carbonyl (C=O) groups excluding carboxylic acids is 2. The van der Waals surface area contributed by atoms with Gasteiger partial charge in [-0.05, 0) is 104 Å². The predicted octanol–water partition coefficient (Wildman–Crippen LogP) is 5.60. The molecule has 0 aromatic carbocycles. The summed E-state index contributed by atoms with van der Waals surface area (Å²) in [6.45, 7) is 13.4. The molecule has 4 aliphatic rings. The molecule has 13 atom stereocenters. The molecule has 2 N–H and O–H groups in total. The molecule has 0 amide bonds. The van der Waals surface area contributed by atoms with Gasteiger partial charge in [0.2, 0.25) is 0 Å². The van der Waals surface area contributed by atoms with Crippen LogP contribution in [0, 0.1) is 58.2 Å². The first kappa shape index (κ1) is 29.6. The zero-order chi connectivity index (χ0) is 28.0. The van der Waals surface area contributed by atoms with Crippen molar-refractivity contribution in [1.82, 2.24) is 0 Å². The number of hydrogen-bond acceptors (Lipinski definition) is 7. The molecule has 0 spiro atoms. The van der Waals surface area contributed by atoms with E-state index in [1.807, 2.05) is 0 Å². The van der Waals surface area contributed by atoms with Crippen molar-refractivity contribution in [3.05, 3.63) is 0 Å². The molecule has 4 unspecified atom stereocenters. The molecule has 0 aliphatic heterocycles. The summed E-state index contributed by atoms with van der Waals surface area (Å²) < 4.78 is 15.6. The van der Waals surface area contributed by atoms with Gasteiger partial charge in [-0.1, -0.05) is 41.0 Å². The highest BCUT2D eigenvalue weighted by atomic mass is 16.7. The standard InChI is InChI=1S/C31H52O7/c1-8-20-23-16-19(38-29(35)37-9-2)14-15-30(23,5)26-25(28(20)34)22-12-11-21(17(3)10-13-24(32)36-7)31(22,6)18(4)27(26)33/h17-23,25-28,33-34H,8-16H2,1-7H3/t17-,18+,19-,20-,21-,22?,23+,25?,26?,27+,28?,30+,31-/m1/s1. The quantitative estimate of drug-likeness (QED) is 0.408. The molecule has 0 aromatic heterocycles. The van der Waals surface area contributed by atoms with Crippen LogP contribution in [0.5, 0.6) is 0 Å². The maximum Gasteiger partial charge on any atom is 0.508 e. The topological polar surface area (TPSA) is 102 Å². The van der Waals surface area contributed by atoms with Crippen LogP contribution in [-0.4, -0.2) is 54.4 Å². The molecule has 7 nitrogen and oxygen atoms in total. The zero-order valence-corrected chi connectivity index (χ0v) is 24.7. The SMILES string of the molecule is CCOC(=O)O[C@@H]1CC[C@]2(C)C3C(C(O)[C@H](CC)[C@@H]2C1)C1CC[C@H]([C@H](C)CCC(=O)OC)[C@@]1(C)[C@@H](C)[C@@H]3O.